The van der Waals surface area contributed by atoms with E-state index in [0.29, 0.717) is 12.4 Å². The van der Waals surface area contributed by atoms with Crippen molar-refractivity contribution in [2.45, 2.75) is 78.2 Å². The van der Waals surface area contributed by atoms with E-state index in [1.165, 1.54) is 51.4 Å². The second kappa shape index (κ2) is 12.5. The highest BCUT2D eigenvalue weighted by atomic mass is 16.5. The number of hydrogen-bond donors (Lipinski definition) is 1. The maximum absolute atomic E-state index is 9.22. The molecule has 0 aliphatic rings. The molecule has 0 saturated heterocycles. The third-order valence-corrected chi connectivity index (χ3v) is 4.26. The third kappa shape index (κ3) is 9.83. The van der Waals surface area contributed by atoms with Crippen LogP contribution in [0.3, 0.4) is 0 Å². The SMILES string of the molecule is CCCCCCCCCC(C)CCOCc1ccc(O)cc1. The molecule has 0 fully saturated rings. The van der Waals surface area contributed by atoms with E-state index >= 15 is 0 Å². The number of unbranched alkanes of at least 4 members (excludes halogenated alkanes) is 6. The summed E-state index contributed by atoms with van der Waals surface area (Å²) in [6.45, 7) is 6.08. The lowest BCUT2D eigenvalue weighted by Crippen LogP contribution is -2.02. The molecule has 1 aromatic carbocycles. The second-order valence-electron chi connectivity index (χ2n) is 6.52. The lowest BCUT2D eigenvalue weighted by Gasteiger charge is -2.11. The topological polar surface area (TPSA) is 29.5 Å². The van der Waals surface area contributed by atoms with E-state index in [2.05, 4.69) is 13.8 Å². The van der Waals surface area contributed by atoms with Crippen LogP contribution in [0.5, 0.6) is 5.75 Å². The molecule has 0 spiro atoms. The van der Waals surface area contributed by atoms with Crippen molar-refractivity contribution in [3.63, 3.8) is 0 Å². The fraction of sp³-hybridized carbons (Fsp3) is 0.700. The van der Waals surface area contributed by atoms with Crippen molar-refractivity contribution in [2.75, 3.05) is 6.61 Å². The highest BCUT2D eigenvalue weighted by Crippen LogP contribution is 2.16. The van der Waals surface area contributed by atoms with Gasteiger partial charge >= 0.3 is 0 Å². The number of hydrogen-bond acceptors (Lipinski definition) is 2. The van der Waals surface area contributed by atoms with Crippen molar-refractivity contribution < 1.29 is 9.84 Å². The largest absolute Gasteiger partial charge is 0.508 e. The molecule has 0 saturated carbocycles. The molecule has 0 heterocycles. The highest BCUT2D eigenvalue weighted by Gasteiger charge is 2.02. The minimum Gasteiger partial charge on any atom is -0.508 e. The first-order chi connectivity index (χ1) is 10.7. The molecule has 126 valence electrons. The lowest BCUT2D eigenvalue weighted by atomic mass is 9.99. The zero-order chi connectivity index (χ0) is 16.0. The Labute approximate surface area is 136 Å². The lowest BCUT2D eigenvalue weighted by molar-refractivity contribution is 0.107. The molecule has 22 heavy (non-hydrogen) atoms. The van der Waals surface area contributed by atoms with Crippen LogP contribution in [-0.4, -0.2) is 11.7 Å². The third-order valence-electron chi connectivity index (χ3n) is 4.26. The standard InChI is InChI=1S/C20H34O2/c1-3-4-5-6-7-8-9-10-18(2)15-16-22-17-19-11-13-20(21)14-12-19/h11-14,18,21H,3-10,15-17H2,1-2H3. The molecule has 0 amide bonds. The number of benzene rings is 1. The molecule has 1 atom stereocenters. The van der Waals surface area contributed by atoms with Crippen LogP contribution in [-0.2, 0) is 11.3 Å². The summed E-state index contributed by atoms with van der Waals surface area (Å²) >= 11 is 0. The van der Waals surface area contributed by atoms with Gasteiger partial charge < -0.3 is 9.84 Å². The van der Waals surface area contributed by atoms with E-state index in [-0.39, 0.29) is 0 Å². The maximum atomic E-state index is 9.22. The second-order valence-corrected chi connectivity index (χ2v) is 6.52. The Balaban J connectivity index is 1.92. The molecule has 0 aliphatic heterocycles. The molecule has 0 aliphatic carbocycles. The monoisotopic (exact) mass is 306 g/mol. The quantitative estimate of drug-likeness (QED) is 0.448. The number of aromatic hydroxyl groups is 1. The van der Waals surface area contributed by atoms with Gasteiger partial charge in [-0.05, 0) is 30.0 Å². The van der Waals surface area contributed by atoms with Gasteiger partial charge in [-0.2, -0.15) is 0 Å². The van der Waals surface area contributed by atoms with Gasteiger partial charge in [-0.3, -0.25) is 0 Å². The summed E-state index contributed by atoms with van der Waals surface area (Å²) < 4.78 is 5.72. The first-order valence-corrected chi connectivity index (χ1v) is 9.08. The Hall–Kier alpha value is -1.02. The Morgan fingerprint density at radius 3 is 2.23 bits per heavy atom. The molecule has 1 unspecified atom stereocenters. The summed E-state index contributed by atoms with van der Waals surface area (Å²) in [4.78, 5) is 0. The van der Waals surface area contributed by atoms with Crippen molar-refractivity contribution in [2.24, 2.45) is 5.92 Å². The van der Waals surface area contributed by atoms with Gasteiger partial charge in [0.25, 0.3) is 0 Å². The van der Waals surface area contributed by atoms with Crippen LogP contribution >= 0.6 is 0 Å². The predicted molar refractivity (Wildman–Crippen MR) is 94.2 cm³/mol. The van der Waals surface area contributed by atoms with Crippen LogP contribution < -0.4 is 0 Å². The first kappa shape index (κ1) is 19.0. The molecule has 0 aromatic heterocycles. The van der Waals surface area contributed by atoms with Crippen LogP contribution in [0, 0.1) is 5.92 Å². The van der Waals surface area contributed by atoms with Gasteiger partial charge in [-0.25, -0.2) is 0 Å². The molecular formula is C20H34O2. The zero-order valence-electron chi connectivity index (χ0n) is 14.5. The van der Waals surface area contributed by atoms with Gasteiger partial charge in [-0.15, -0.1) is 0 Å². The maximum Gasteiger partial charge on any atom is 0.115 e. The van der Waals surface area contributed by atoms with Crippen molar-refractivity contribution in [3.05, 3.63) is 29.8 Å². The summed E-state index contributed by atoms with van der Waals surface area (Å²) in [5.74, 6) is 1.07. The molecule has 0 bridgehead atoms. The first-order valence-electron chi connectivity index (χ1n) is 9.08. The summed E-state index contributed by atoms with van der Waals surface area (Å²) in [6.07, 6.45) is 12.2. The highest BCUT2D eigenvalue weighted by molar-refractivity contribution is 5.25. The minimum absolute atomic E-state index is 0.312. The molecule has 1 aromatic rings. The summed E-state index contributed by atoms with van der Waals surface area (Å²) in [6, 6.07) is 7.25. The van der Waals surface area contributed by atoms with Crippen LogP contribution in [0.4, 0.5) is 0 Å². The summed E-state index contributed by atoms with van der Waals surface area (Å²) in [5.41, 5.74) is 1.12. The Kier molecular flexibility index (Phi) is 10.8. The smallest absolute Gasteiger partial charge is 0.115 e. The fourth-order valence-electron chi connectivity index (χ4n) is 2.66. The molecule has 2 nitrogen and oxygen atoms in total. The molecule has 0 radical (unpaired) electrons. The van der Waals surface area contributed by atoms with E-state index in [0.717, 1.165) is 24.5 Å². The van der Waals surface area contributed by atoms with E-state index in [1.54, 1.807) is 12.1 Å². The average Bonchev–Trinajstić information content (AvgIpc) is 2.52. The summed E-state index contributed by atoms with van der Waals surface area (Å²) in [7, 11) is 0. The van der Waals surface area contributed by atoms with Gasteiger partial charge in [0.05, 0.1) is 6.61 Å². The van der Waals surface area contributed by atoms with E-state index < -0.39 is 0 Å². The van der Waals surface area contributed by atoms with Crippen LogP contribution in [0.1, 0.15) is 77.2 Å². The molecular weight excluding hydrogens is 272 g/mol. The van der Waals surface area contributed by atoms with Crippen molar-refractivity contribution in [1.82, 2.24) is 0 Å². The van der Waals surface area contributed by atoms with Gasteiger partial charge in [0, 0.05) is 6.61 Å². The van der Waals surface area contributed by atoms with E-state index in [1.807, 2.05) is 12.1 Å². The fourth-order valence-corrected chi connectivity index (χ4v) is 2.66. The number of ether oxygens (including phenoxy) is 1. The average molecular weight is 306 g/mol. The van der Waals surface area contributed by atoms with Gasteiger partial charge in [0.15, 0.2) is 0 Å². The van der Waals surface area contributed by atoms with Crippen LogP contribution in [0.2, 0.25) is 0 Å². The molecule has 1 rings (SSSR count). The van der Waals surface area contributed by atoms with Crippen LogP contribution in [0.15, 0.2) is 24.3 Å². The van der Waals surface area contributed by atoms with Crippen molar-refractivity contribution in [1.29, 1.82) is 0 Å². The number of phenolic OH excluding ortho intramolecular Hbond substituents is 1. The predicted octanol–water partition coefficient (Wildman–Crippen LogP) is 6.08. The van der Waals surface area contributed by atoms with E-state index in [9.17, 15) is 5.11 Å². The number of phenols is 1. The van der Waals surface area contributed by atoms with E-state index in [4.69, 9.17) is 4.74 Å². The Morgan fingerprint density at radius 1 is 0.909 bits per heavy atom. The molecule has 2 heteroatoms. The summed E-state index contributed by atoms with van der Waals surface area (Å²) in [5, 5.41) is 9.22. The number of rotatable bonds is 13. The molecule has 1 N–H and O–H groups in total. The minimum atomic E-state index is 0.312. The van der Waals surface area contributed by atoms with Gasteiger partial charge in [0.1, 0.15) is 5.75 Å². The zero-order valence-corrected chi connectivity index (χ0v) is 14.5. The normalized spacial score (nSPS) is 12.5. The Bertz CT molecular complexity index is 358. The van der Waals surface area contributed by atoms with Crippen LogP contribution in [0.25, 0.3) is 0 Å². The van der Waals surface area contributed by atoms with Gasteiger partial charge in [-0.1, -0.05) is 77.3 Å². The van der Waals surface area contributed by atoms with Gasteiger partial charge in [0.2, 0.25) is 0 Å². The van der Waals surface area contributed by atoms with Crippen molar-refractivity contribution in [3.8, 4) is 5.75 Å². The Morgan fingerprint density at radius 2 is 1.55 bits per heavy atom. The van der Waals surface area contributed by atoms with Crippen molar-refractivity contribution >= 4 is 0 Å².